The Hall–Kier alpha value is -2.76. The van der Waals surface area contributed by atoms with Gasteiger partial charge in [-0.2, -0.15) is 0 Å². The molecule has 0 bridgehead atoms. The molecule has 0 N–H and O–H groups in total. The molecule has 4 rings (SSSR count). The fourth-order valence-electron chi connectivity index (χ4n) is 4.41. The minimum atomic E-state index is 0.000867. The Balaban J connectivity index is 1.53. The summed E-state index contributed by atoms with van der Waals surface area (Å²) in [6.07, 6.45) is 2.32. The van der Waals surface area contributed by atoms with Crippen LogP contribution in [0.15, 0.2) is 24.3 Å². The van der Waals surface area contributed by atoms with Crippen molar-refractivity contribution >= 4 is 5.91 Å². The number of amides is 1. The van der Waals surface area contributed by atoms with Gasteiger partial charge < -0.3 is 19.1 Å². The minimum Gasteiger partial charge on any atom is -0.481 e. The van der Waals surface area contributed by atoms with Crippen LogP contribution in [0.5, 0.6) is 17.4 Å². The number of aryl methyl sites for hydroxylation is 2. The van der Waals surface area contributed by atoms with Gasteiger partial charge in [-0.15, -0.1) is 0 Å². The average molecular weight is 396 g/mol. The van der Waals surface area contributed by atoms with Gasteiger partial charge >= 0.3 is 0 Å². The zero-order valence-corrected chi connectivity index (χ0v) is 17.6. The van der Waals surface area contributed by atoms with Gasteiger partial charge in [0.2, 0.25) is 18.6 Å². The number of likely N-dealkylation sites (tertiary alicyclic amines) is 1. The van der Waals surface area contributed by atoms with Gasteiger partial charge in [-0.05, 0) is 61.4 Å². The van der Waals surface area contributed by atoms with Crippen molar-refractivity contribution in [1.29, 1.82) is 0 Å². The van der Waals surface area contributed by atoms with Gasteiger partial charge in [0.05, 0.1) is 13.7 Å². The molecule has 154 valence electrons. The lowest BCUT2D eigenvalue weighted by Crippen LogP contribution is -2.45. The number of rotatable bonds is 5. The third-order valence-corrected chi connectivity index (χ3v) is 5.92. The number of aromatic nitrogens is 1. The van der Waals surface area contributed by atoms with Gasteiger partial charge in [0.15, 0.2) is 11.5 Å². The number of piperidine rings is 1. The van der Waals surface area contributed by atoms with Crippen molar-refractivity contribution in [3.63, 3.8) is 0 Å². The van der Waals surface area contributed by atoms with Crippen molar-refractivity contribution in [3.8, 4) is 17.4 Å². The lowest BCUT2D eigenvalue weighted by molar-refractivity contribution is -0.137. The molecule has 3 heterocycles. The number of fused-ring (bicyclic) bond motifs is 1. The van der Waals surface area contributed by atoms with Crippen molar-refractivity contribution in [3.05, 3.63) is 46.6 Å². The lowest BCUT2D eigenvalue weighted by atomic mass is 9.76. The Kier molecular flexibility index (Phi) is 5.11. The summed E-state index contributed by atoms with van der Waals surface area (Å²) in [5.74, 6) is 2.41. The van der Waals surface area contributed by atoms with Crippen LogP contribution in [-0.4, -0.2) is 36.2 Å². The Bertz CT molecular complexity index is 943. The molecule has 6 nitrogen and oxygen atoms in total. The van der Waals surface area contributed by atoms with Crippen molar-refractivity contribution in [2.24, 2.45) is 5.41 Å². The summed E-state index contributed by atoms with van der Waals surface area (Å²) in [7, 11) is 1.63. The van der Waals surface area contributed by atoms with Gasteiger partial charge in [0.1, 0.15) is 0 Å². The van der Waals surface area contributed by atoms with E-state index in [1.807, 2.05) is 30.9 Å². The monoisotopic (exact) mass is 396 g/mol. The maximum atomic E-state index is 12.7. The van der Waals surface area contributed by atoms with Gasteiger partial charge in [0, 0.05) is 24.2 Å². The molecule has 0 aliphatic carbocycles. The van der Waals surface area contributed by atoms with Crippen LogP contribution in [0.2, 0.25) is 0 Å². The first-order valence-electron chi connectivity index (χ1n) is 10.0. The number of hydrogen-bond acceptors (Lipinski definition) is 5. The number of nitrogens with zero attached hydrogens (tertiary/aromatic N) is 2. The van der Waals surface area contributed by atoms with Gasteiger partial charge in [0.25, 0.3) is 0 Å². The highest BCUT2D eigenvalue weighted by Crippen LogP contribution is 2.38. The normalized spacial score (nSPS) is 20.8. The molecule has 1 aromatic heterocycles. The molecule has 1 atom stereocenters. The second-order valence-corrected chi connectivity index (χ2v) is 8.49. The fourth-order valence-corrected chi connectivity index (χ4v) is 4.41. The molecule has 0 saturated carbocycles. The number of benzene rings is 1. The first-order chi connectivity index (χ1) is 13.9. The molecule has 0 spiro atoms. The second-order valence-electron chi connectivity index (χ2n) is 8.49. The molecule has 6 heteroatoms. The zero-order chi connectivity index (χ0) is 20.6. The van der Waals surface area contributed by atoms with E-state index in [0.29, 0.717) is 25.4 Å². The van der Waals surface area contributed by atoms with Gasteiger partial charge in [-0.25, -0.2) is 4.98 Å². The van der Waals surface area contributed by atoms with Gasteiger partial charge in [-0.1, -0.05) is 13.0 Å². The van der Waals surface area contributed by atoms with Crippen LogP contribution in [0.3, 0.4) is 0 Å². The van der Waals surface area contributed by atoms with E-state index in [4.69, 9.17) is 14.2 Å². The smallest absolute Gasteiger partial charge is 0.231 e. The highest BCUT2D eigenvalue weighted by Gasteiger charge is 2.36. The number of ether oxygens (including phenoxy) is 3. The van der Waals surface area contributed by atoms with E-state index in [1.54, 1.807) is 7.11 Å². The van der Waals surface area contributed by atoms with E-state index in [2.05, 4.69) is 24.0 Å². The number of methoxy groups -OCH3 is 1. The molecule has 0 radical (unpaired) electrons. The van der Waals surface area contributed by atoms with E-state index in [1.165, 1.54) is 5.56 Å². The Morgan fingerprint density at radius 1 is 1.21 bits per heavy atom. The molecule has 2 aliphatic heterocycles. The van der Waals surface area contributed by atoms with Gasteiger partial charge in [-0.3, -0.25) is 4.79 Å². The molecular weight excluding hydrogens is 368 g/mol. The minimum absolute atomic E-state index is 0.000867. The third kappa shape index (κ3) is 4.02. The molecule has 2 aromatic rings. The third-order valence-electron chi connectivity index (χ3n) is 5.92. The highest BCUT2D eigenvalue weighted by molar-refractivity contribution is 5.77. The van der Waals surface area contributed by atoms with E-state index in [-0.39, 0.29) is 18.1 Å². The quantitative estimate of drug-likeness (QED) is 0.769. The van der Waals surface area contributed by atoms with Crippen LogP contribution in [-0.2, 0) is 17.8 Å². The Morgan fingerprint density at radius 2 is 2.00 bits per heavy atom. The number of carbonyl (C=O) groups excluding carboxylic acids is 1. The Morgan fingerprint density at radius 3 is 2.79 bits per heavy atom. The zero-order valence-electron chi connectivity index (χ0n) is 17.6. The van der Waals surface area contributed by atoms with E-state index in [0.717, 1.165) is 41.2 Å². The molecular formula is C23H28N2O4. The molecule has 1 amide bonds. The summed E-state index contributed by atoms with van der Waals surface area (Å²) in [4.78, 5) is 19.1. The van der Waals surface area contributed by atoms with Crippen LogP contribution in [0.25, 0.3) is 0 Å². The summed E-state index contributed by atoms with van der Waals surface area (Å²) >= 11 is 0. The highest BCUT2D eigenvalue weighted by atomic mass is 16.7. The molecule has 1 aromatic carbocycles. The molecule has 0 unspecified atom stereocenters. The van der Waals surface area contributed by atoms with Crippen molar-refractivity contribution in [2.45, 2.75) is 46.6 Å². The maximum Gasteiger partial charge on any atom is 0.231 e. The second kappa shape index (κ2) is 7.58. The maximum absolute atomic E-state index is 12.7. The summed E-state index contributed by atoms with van der Waals surface area (Å²) in [6, 6.07) is 8.17. The van der Waals surface area contributed by atoms with Crippen molar-refractivity contribution in [2.75, 3.05) is 20.4 Å². The first-order valence-corrected chi connectivity index (χ1v) is 10.0. The largest absolute Gasteiger partial charge is 0.481 e. The Labute approximate surface area is 171 Å². The number of carbonyl (C=O) groups is 1. The molecule has 2 aliphatic rings. The first kappa shape index (κ1) is 19.6. The SMILES string of the molecule is COc1nc(C)cc(C)c1CN1C[C@](C)(Cc2ccc3c(c2)OCO3)CCC1=O. The van der Waals surface area contributed by atoms with Crippen molar-refractivity contribution in [1.82, 2.24) is 9.88 Å². The topological polar surface area (TPSA) is 60.9 Å². The summed E-state index contributed by atoms with van der Waals surface area (Å²) in [5, 5.41) is 0. The van der Waals surface area contributed by atoms with Crippen LogP contribution in [0.1, 0.15) is 42.1 Å². The fraction of sp³-hybridized carbons (Fsp3) is 0.478. The summed E-state index contributed by atoms with van der Waals surface area (Å²) < 4.78 is 16.4. The van der Waals surface area contributed by atoms with Crippen LogP contribution in [0.4, 0.5) is 0 Å². The molecule has 29 heavy (non-hydrogen) atoms. The number of hydrogen-bond donors (Lipinski definition) is 0. The lowest BCUT2D eigenvalue weighted by Gasteiger charge is -2.41. The van der Waals surface area contributed by atoms with E-state index in [9.17, 15) is 4.79 Å². The summed E-state index contributed by atoms with van der Waals surface area (Å²) in [6.45, 7) is 7.77. The predicted octanol–water partition coefficient (Wildman–Crippen LogP) is 3.81. The predicted molar refractivity (Wildman–Crippen MR) is 109 cm³/mol. The standard InChI is InChI=1S/C23H28N2O4/c1-15-9-16(2)24-22(27-4)18(15)12-25-13-23(3,8-7-21(25)26)11-17-5-6-19-20(10-17)29-14-28-19/h5-6,9-10H,7-8,11-14H2,1-4H3/t23-/m0/s1. The van der Waals surface area contributed by atoms with E-state index >= 15 is 0 Å². The van der Waals surface area contributed by atoms with E-state index < -0.39 is 0 Å². The molecule has 1 fully saturated rings. The molecule has 1 saturated heterocycles. The summed E-state index contributed by atoms with van der Waals surface area (Å²) in [5.41, 5.74) is 4.21. The average Bonchev–Trinajstić information content (AvgIpc) is 3.14. The van der Waals surface area contributed by atoms with Crippen LogP contribution >= 0.6 is 0 Å². The number of pyridine rings is 1. The van der Waals surface area contributed by atoms with Crippen molar-refractivity contribution < 1.29 is 19.0 Å². The van der Waals surface area contributed by atoms with Crippen LogP contribution < -0.4 is 14.2 Å². The van der Waals surface area contributed by atoms with Crippen LogP contribution in [0, 0.1) is 19.3 Å².